The van der Waals surface area contributed by atoms with Gasteiger partial charge in [-0.05, 0) is 48.6 Å². The molecule has 0 radical (unpaired) electrons. The molecule has 1 aromatic carbocycles. The van der Waals surface area contributed by atoms with E-state index in [1.54, 1.807) is 18.3 Å². The summed E-state index contributed by atoms with van der Waals surface area (Å²) >= 11 is 6.35. The van der Waals surface area contributed by atoms with Crippen LogP contribution in [0.2, 0.25) is 5.02 Å². The molecule has 3 rings (SSSR count). The number of hydrogen-bond donors (Lipinski definition) is 1. The van der Waals surface area contributed by atoms with Crippen LogP contribution < -0.4 is 19.7 Å². The van der Waals surface area contributed by atoms with Gasteiger partial charge in [0.2, 0.25) is 0 Å². The maximum Gasteiger partial charge on any atom is 0.251 e. The van der Waals surface area contributed by atoms with Gasteiger partial charge in [0.05, 0.1) is 18.7 Å². The van der Waals surface area contributed by atoms with Crippen molar-refractivity contribution in [2.75, 3.05) is 31.7 Å². The molecule has 0 aliphatic carbocycles. The largest absolute Gasteiger partial charge is 0.493 e. The zero-order valence-corrected chi connectivity index (χ0v) is 18.0. The van der Waals surface area contributed by atoms with Crippen LogP contribution in [0.4, 0.5) is 5.82 Å². The van der Waals surface area contributed by atoms with Crippen LogP contribution in [0.3, 0.4) is 0 Å². The van der Waals surface area contributed by atoms with E-state index in [2.05, 4.69) is 29.0 Å². The van der Waals surface area contributed by atoms with E-state index in [1.807, 2.05) is 12.1 Å². The highest BCUT2D eigenvalue weighted by Crippen LogP contribution is 2.36. The van der Waals surface area contributed by atoms with E-state index in [9.17, 15) is 4.79 Å². The molecule has 0 saturated carbocycles. The standard InChI is InChI=1S/C22H28ClN3O3/c1-15(2)14-29-21-18(23)11-17(12-19(21)28-3)22(27)25-13-16-6-7-24-20(10-16)26-8-4-5-9-26/h6-7,10-12,15H,4-5,8-9,13-14H2,1-3H3,(H,25,27). The third-order valence-corrected chi connectivity index (χ3v) is 5.03. The molecule has 0 atom stereocenters. The number of pyridine rings is 1. The minimum Gasteiger partial charge on any atom is -0.493 e. The van der Waals surface area contributed by atoms with Gasteiger partial charge in [0, 0.05) is 31.4 Å². The Labute approximate surface area is 177 Å². The second-order valence-electron chi connectivity index (χ2n) is 7.59. The first-order valence-corrected chi connectivity index (χ1v) is 10.3. The van der Waals surface area contributed by atoms with Crippen LogP contribution in [0.25, 0.3) is 0 Å². The molecule has 6 nitrogen and oxygen atoms in total. The fraction of sp³-hybridized carbons (Fsp3) is 0.455. The second kappa shape index (κ2) is 9.83. The normalized spacial score (nSPS) is 13.6. The molecular weight excluding hydrogens is 390 g/mol. The molecule has 7 heteroatoms. The fourth-order valence-electron chi connectivity index (χ4n) is 3.22. The van der Waals surface area contributed by atoms with E-state index in [0.717, 1.165) is 24.5 Å². The number of carbonyl (C=O) groups excluding carboxylic acids is 1. The van der Waals surface area contributed by atoms with Crippen LogP contribution in [0, 0.1) is 5.92 Å². The molecule has 0 spiro atoms. The Balaban J connectivity index is 1.67. The fourth-order valence-corrected chi connectivity index (χ4v) is 3.48. The molecule has 1 aliphatic rings. The van der Waals surface area contributed by atoms with E-state index >= 15 is 0 Å². The van der Waals surface area contributed by atoms with Gasteiger partial charge < -0.3 is 19.7 Å². The number of rotatable bonds is 8. The van der Waals surface area contributed by atoms with Crippen LogP contribution in [0.1, 0.15) is 42.6 Å². The van der Waals surface area contributed by atoms with Crippen molar-refractivity contribution >= 4 is 23.3 Å². The topological polar surface area (TPSA) is 63.7 Å². The smallest absolute Gasteiger partial charge is 0.251 e. The van der Waals surface area contributed by atoms with Gasteiger partial charge in [0.1, 0.15) is 5.82 Å². The first-order valence-electron chi connectivity index (χ1n) is 9.96. The minimum atomic E-state index is -0.222. The van der Waals surface area contributed by atoms with Crippen LogP contribution in [-0.2, 0) is 6.54 Å². The van der Waals surface area contributed by atoms with Crippen molar-refractivity contribution in [1.82, 2.24) is 10.3 Å². The summed E-state index contributed by atoms with van der Waals surface area (Å²) < 4.78 is 11.1. The highest BCUT2D eigenvalue weighted by Gasteiger charge is 2.17. The summed E-state index contributed by atoms with van der Waals surface area (Å²) in [5.41, 5.74) is 1.43. The molecule has 1 saturated heterocycles. The quantitative estimate of drug-likeness (QED) is 0.693. The zero-order valence-electron chi connectivity index (χ0n) is 17.2. The maximum absolute atomic E-state index is 12.7. The molecule has 1 amide bonds. The summed E-state index contributed by atoms with van der Waals surface area (Å²) in [7, 11) is 1.53. The molecule has 156 valence electrons. The molecule has 1 N–H and O–H groups in total. The van der Waals surface area contributed by atoms with Crippen molar-refractivity contribution in [2.24, 2.45) is 5.92 Å². The highest BCUT2D eigenvalue weighted by molar-refractivity contribution is 6.32. The lowest BCUT2D eigenvalue weighted by atomic mass is 10.1. The Hall–Kier alpha value is -2.47. The van der Waals surface area contributed by atoms with Gasteiger partial charge in [-0.2, -0.15) is 0 Å². The first-order chi connectivity index (χ1) is 14.0. The molecule has 0 unspecified atom stereocenters. The number of nitrogens with zero attached hydrogens (tertiary/aromatic N) is 2. The van der Waals surface area contributed by atoms with E-state index in [0.29, 0.717) is 41.2 Å². The Morgan fingerprint density at radius 3 is 2.72 bits per heavy atom. The van der Waals surface area contributed by atoms with Crippen LogP contribution in [0.15, 0.2) is 30.5 Å². The first kappa shape index (κ1) is 21.2. The lowest BCUT2D eigenvalue weighted by molar-refractivity contribution is 0.0950. The molecule has 29 heavy (non-hydrogen) atoms. The number of methoxy groups -OCH3 is 1. The Bertz CT molecular complexity index is 851. The Kier molecular flexibility index (Phi) is 7.20. The molecule has 2 aromatic rings. The zero-order chi connectivity index (χ0) is 20.8. The van der Waals surface area contributed by atoms with Gasteiger partial charge in [-0.25, -0.2) is 4.98 Å². The van der Waals surface area contributed by atoms with E-state index in [-0.39, 0.29) is 5.91 Å². The number of anilines is 1. The predicted molar refractivity (Wildman–Crippen MR) is 115 cm³/mol. The number of benzene rings is 1. The SMILES string of the molecule is COc1cc(C(=O)NCc2ccnc(N3CCCC3)c2)cc(Cl)c1OCC(C)C. The third-order valence-electron chi connectivity index (χ3n) is 4.75. The summed E-state index contributed by atoms with van der Waals surface area (Å²) in [5, 5.41) is 3.30. The summed E-state index contributed by atoms with van der Waals surface area (Å²) in [6, 6.07) is 7.20. The van der Waals surface area contributed by atoms with Gasteiger partial charge in [0.25, 0.3) is 5.91 Å². The van der Waals surface area contributed by atoms with Gasteiger partial charge in [-0.3, -0.25) is 4.79 Å². The second-order valence-corrected chi connectivity index (χ2v) is 8.00. The number of nitrogens with one attached hydrogen (secondary N) is 1. The molecule has 2 heterocycles. The molecule has 0 bridgehead atoms. The molecule has 1 aromatic heterocycles. The minimum absolute atomic E-state index is 0.222. The predicted octanol–water partition coefficient (Wildman–Crippen LogP) is 4.31. The highest BCUT2D eigenvalue weighted by atomic mass is 35.5. The van der Waals surface area contributed by atoms with E-state index < -0.39 is 0 Å². The number of amides is 1. The van der Waals surface area contributed by atoms with Crippen LogP contribution in [0.5, 0.6) is 11.5 Å². The monoisotopic (exact) mass is 417 g/mol. The average Bonchev–Trinajstić information content (AvgIpc) is 3.25. The number of carbonyl (C=O) groups is 1. The van der Waals surface area contributed by atoms with E-state index in [1.165, 1.54) is 20.0 Å². The van der Waals surface area contributed by atoms with Gasteiger partial charge in [-0.1, -0.05) is 25.4 Å². The summed E-state index contributed by atoms with van der Waals surface area (Å²) in [4.78, 5) is 19.4. The summed E-state index contributed by atoms with van der Waals surface area (Å²) in [5.74, 6) is 2.00. The molecule has 1 aliphatic heterocycles. The molecular formula is C22H28ClN3O3. The van der Waals surface area contributed by atoms with E-state index in [4.69, 9.17) is 21.1 Å². The van der Waals surface area contributed by atoms with Crippen molar-refractivity contribution in [3.05, 3.63) is 46.6 Å². The van der Waals surface area contributed by atoms with Crippen LogP contribution in [-0.4, -0.2) is 37.7 Å². The molecule has 1 fully saturated rings. The Morgan fingerprint density at radius 2 is 2.03 bits per heavy atom. The van der Waals surface area contributed by atoms with Gasteiger partial charge in [-0.15, -0.1) is 0 Å². The third kappa shape index (κ3) is 5.54. The summed E-state index contributed by atoms with van der Waals surface area (Å²) in [6.07, 6.45) is 4.18. The van der Waals surface area contributed by atoms with Crippen molar-refractivity contribution in [2.45, 2.75) is 33.2 Å². The van der Waals surface area contributed by atoms with Crippen molar-refractivity contribution in [1.29, 1.82) is 0 Å². The van der Waals surface area contributed by atoms with Crippen molar-refractivity contribution in [3.63, 3.8) is 0 Å². The Morgan fingerprint density at radius 1 is 1.28 bits per heavy atom. The number of halogens is 1. The van der Waals surface area contributed by atoms with Gasteiger partial charge in [0.15, 0.2) is 11.5 Å². The average molecular weight is 418 g/mol. The maximum atomic E-state index is 12.7. The van der Waals surface area contributed by atoms with Crippen LogP contribution >= 0.6 is 11.6 Å². The number of hydrogen-bond acceptors (Lipinski definition) is 5. The summed E-state index contributed by atoms with van der Waals surface area (Å²) in [6.45, 7) is 7.10. The lowest BCUT2D eigenvalue weighted by Gasteiger charge is -2.17. The number of aromatic nitrogens is 1. The van der Waals surface area contributed by atoms with Crippen molar-refractivity contribution in [3.8, 4) is 11.5 Å². The number of ether oxygens (including phenoxy) is 2. The van der Waals surface area contributed by atoms with Crippen molar-refractivity contribution < 1.29 is 14.3 Å². The lowest BCUT2D eigenvalue weighted by Crippen LogP contribution is -2.24. The van der Waals surface area contributed by atoms with Gasteiger partial charge >= 0.3 is 0 Å².